The highest BCUT2D eigenvalue weighted by atomic mass is 16.7. The number of esters is 1. The Morgan fingerprint density at radius 2 is 1.62 bits per heavy atom. The Labute approximate surface area is 167 Å². The summed E-state index contributed by atoms with van der Waals surface area (Å²) in [5.74, 6) is 0.406. The van der Waals surface area contributed by atoms with Gasteiger partial charge < -0.3 is 34.5 Å². The van der Waals surface area contributed by atoms with Crippen molar-refractivity contribution in [1.29, 1.82) is 0 Å². The molecule has 0 spiro atoms. The van der Waals surface area contributed by atoms with E-state index in [1.54, 1.807) is 12.1 Å². The van der Waals surface area contributed by atoms with Gasteiger partial charge in [-0.3, -0.25) is 4.79 Å². The molecular formula is C21H21NO7. The first-order valence-electron chi connectivity index (χ1n) is 9.34. The molecule has 3 N–H and O–H groups in total. The van der Waals surface area contributed by atoms with Crippen LogP contribution >= 0.6 is 0 Å². The fraction of sp³-hybridized carbons (Fsp3) is 0.381. The third-order valence-corrected chi connectivity index (χ3v) is 6.11. The average Bonchev–Trinajstić information content (AvgIpc) is 3.34. The number of methoxy groups -OCH3 is 2. The number of phenols is 1. The van der Waals surface area contributed by atoms with Gasteiger partial charge in [0.1, 0.15) is 0 Å². The van der Waals surface area contributed by atoms with Gasteiger partial charge in [0.05, 0.1) is 26.7 Å². The monoisotopic (exact) mass is 399 g/mol. The second-order valence-corrected chi connectivity index (χ2v) is 7.43. The fourth-order valence-electron chi connectivity index (χ4n) is 4.70. The maximum absolute atomic E-state index is 12.7. The fourth-order valence-corrected chi connectivity index (χ4v) is 4.70. The van der Waals surface area contributed by atoms with E-state index in [0.29, 0.717) is 11.5 Å². The number of carbonyl (C=O) groups excluding carboxylic acids is 1. The first-order valence-corrected chi connectivity index (χ1v) is 9.34. The summed E-state index contributed by atoms with van der Waals surface area (Å²) in [5.41, 5.74) is 9.07. The van der Waals surface area contributed by atoms with Gasteiger partial charge in [0.15, 0.2) is 23.0 Å². The summed E-state index contributed by atoms with van der Waals surface area (Å²) in [5, 5.41) is 10.3. The first kappa shape index (κ1) is 17.9. The highest BCUT2D eigenvalue weighted by molar-refractivity contribution is 5.79. The molecule has 2 aliphatic heterocycles. The molecule has 0 amide bonds. The van der Waals surface area contributed by atoms with Gasteiger partial charge in [-0.05, 0) is 41.0 Å². The van der Waals surface area contributed by atoms with E-state index >= 15 is 0 Å². The first-order chi connectivity index (χ1) is 14.0. The van der Waals surface area contributed by atoms with Crippen LogP contribution in [0.4, 0.5) is 0 Å². The van der Waals surface area contributed by atoms with Gasteiger partial charge in [0, 0.05) is 17.9 Å². The largest absolute Gasteiger partial charge is 0.502 e. The molecule has 2 aromatic carbocycles. The van der Waals surface area contributed by atoms with Crippen LogP contribution in [-0.4, -0.2) is 38.7 Å². The maximum atomic E-state index is 12.7. The smallest absolute Gasteiger partial charge is 0.310 e. The van der Waals surface area contributed by atoms with Crippen LogP contribution in [0.25, 0.3) is 0 Å². The van der Waals surface area contributed by atoms with Crippen molar-refractivity contribution in [2.24, 2.45) is 17.6 Å². The number of benzene rings is 2. The number of carbonyl (C=O) groups is 1. The van der Waals surface area contributed by atoms with Gasteiger partial charge in [-0.25, -0.2) is 0 Å². The zero-order chi connectivity index (χ0) is 20.3. The summed E-state index contributed by atoms with van der Waals surface area (Å²) in [4.78, 5) is 12.7. The number of hydrogen-bond acceptors (Lipinski definition) is 8. The summed E-state index contributed by atoms with van der Waals surface area (Å²) in [7, 11) is 2.93. The van der Waals surface area contributed by atoms with E-state index in [2.05, 4.69) is 0 Å². The van der Waals surface area contributed by atoms with Crippen LogP contribution in [0, 0.1) is 11.8 Å². The van der Waals surface area contributed by atoms with E-state index in [1.165, 1.54) is 14.2 Å². The molecule has 2 heterocycles. The normalized spacial score (nSPS) is 26.5. The number of cyclic esters (lactones) is 1. The minimum absolute atomic E-state index is 0.0947. The Morgan fingerprint density at radius 1 is 1.00 bits per heavy atom. The second-order valence-electron chi connectivity index (χ2n) is 7.43. The lowest BCUT2D eigenvalue weighted by molar-refractivity contribution is -0.141. The van der Waals surface area contributed by atoms with Crippen molar-refractivity contribution in [3.8, 4) is 28.7 Å². The predicted octanol–water partition coefficient (Wildman–Crippen LogP) is 2.07. The minimum atomic E-state index is -0.461. The van der Waals surface area contributed by atoms with Crippen LogP contribution in [0.1, 0.15) is 28.7 Å². The second kappa shape index (κ2) is 6.45. The molecule has 1 saturated heterocycles. The van der Waals surface area contributed by atoms with Crippen molar-refractivity contribution >= 4 is 5.97 Å². The molecule has 0 bridgehead atoms. The highest BCUT2D eigenvalue weighted by Gasteiger charge is 2.51. The summed E-state index contributed by atoms with van der Waals surface area (Å²) in [6, 6.07) is 6.85. The molecule has 29 heavy (non-hydrogen) atoms. The maximum Gasteiger partial charge on any atom is 0.310 e. The third kappa shape index (κ3) is 2.52. The lowest BCUT2D eigenvalue weighted by Gasteiger charge is -2.37. The van der Waals surface area contributed by atoms with Gasteiger partial charge in [-0.1, -0.05) is 0 Å². The van der Waals surface area contributed by atoms with Gasteiger partial charge in [0.25, 0.3) is 0 Å². The lowest BCUT2D eigenvalue weighted by Crippen LogP contribution is -2.38. The summed E-state index contributed by atoms with van der Waals surface area (Å²) < 4.78 is 27.1. The summed E-state index contributed by atoms with van der Waals surface area (Å²) in [6.07, 6.45) is 0. The van der Waals surface area contributed by atoms with Crippen LogP contribution in [0.5, 0.6) is 28.7 Å². The number of nitrogens with two attached hydrogens (primary N) is 1. The Morgan fingerprint density at radius 3 is 2.24 bits per heavy atom. The molecule has 8 heteroatoms. The SMILES string of the molecule is COc1cc([C@@H]2c3cc4c(cc3[C@H](N)[C@H]3COC(=O)[C@H]23)OCO4)cc(OC)c1O. The number of fused-ring (bicyclic) bond motifs is 3. The molecule has 0 saturated carbocycles. The molecule has 2 aromatic rings. The Balaban J connectivity index is 1.75. The molecule has 1 fully saturated rings. The zero-order valence-electron chi connectivity index (χ0n) is 16.0. The molecule has 0 radical (unpaired) electrons. The Hall–Kier alpha value is -3.13. The van der Waals surface area contributed by atoms with Crippen LogP contribution in [0.15, 0.2) is 24.3 Å². The van der Waals surface area contributed by atoms with E-state index in [1.807, 2.05) is 12.1 Å². The van der Waals surface area contributed by atoms with Crippen molar-refractivity contribution < 1.29 is 33.6 Å². The van der Waals surface area contributed by atoms with Crippen molar-refractivity contribution in [1.82, 2.24) is 0 Å². The van der Waals surface area contributed by atoms with E-state index < -0.39 is 5.92 Å². The van der Waals surface area contributed by atoms with Gasteiger partial charge >= 0.3 is 5.97 Å². The number of hydrogen-bond donors (Lipinski definition) is 2. The van der Waals surface area contributed by atoms with Crippen LogP contribution in [0.3, 0.4) is 0 Å². The predicted molar refractivity (Wildman–Crippen MR) is 100 cm³/mol. The minimum Gasteiger partial charge on any atom is -0.502 e. The number of ether oxygens (including phenoxy) is 5. The van der Waals surface area contributed by atoms with Crippen molar-refractivity contribution in [3.05, 3.63) is 41.0 Å². The molecule has 8 nitrogen and oxygen atoms in total. The van der Waals surface area contributed by atoms with Crippen molar-refractivity contribution in [2.75, 3.05) is 27.6 Å². The topological polar surface area (TPSA) is 109 Å². The Kier molecular flexibility index (Phi) is 3.99. The molecule has 5 rings (SSSR count). The van der Waals surface area contributed by atoms with Crippen LogP contribution in [0.2, 0.25) is 0 Å². The van der Waals surface area contributed by atoms with E-state index in [-0.39, 0.29) is 54.5 Å². The molecule has 4 atom stereocenters. The molecule has 1 aliphatic carbocycles. The van der Waals surface area contributed by atoms with E-state index in [0.717, 1.165) is 16.7 Å². The number of phenolic OH excluding ortho intramolecular Hbond substituents is 1. The van der Waals surface area contributed by atoms with Gasteiger partial charge in [-0.15, -0.1) is 0 Å². The van der Waals surface area contributed by atoms with Crippen LogP contribution in [-0.2, 0) is 9.53 Å². The van der Waals surface area contributed by atoms with E-state index in [4.69, 9.17) is 29.4 Å². The molecule has 3 aliphatic rings. The quantitative estimate of drug-likeness (QED) is 0.755. The summed E-state index contributed by atoms with van der Waals surface area (Å²) in [6.45, 7) is 0.412. The highest BCUT2D eigenvalue weighted by Crippen LogP contribution is 2.54. The standard InChI is InChI=1S/C21H21NO7/c1-25-15-3-9(4-16(26-2)20(15)23)17-10-5-13-14(29-8-28-13)6-11(10)19(22)12-7-27-21(24)18(12)17/h3-6,12,17-19,23H,7-8,22H2,1-2H3/t12-,17+,18-,19-/m0/s1. The number of aromatic hydroxyl groups is 1. The Bertz CT molecular complexity index is 980. The lowest BCUT2D eigenvalue weighted by atomic mass is 9.65. The van der Waals surface area contributed by atoms with Gasteiger partial charge in [-0.2, -0.15) is 0 Å². The summed E-state index contributed by atoms with van der Waals surface area (Å²) >= 11 is 0. The van der Waals surface area contributed by atoms with Crippen molar-refractivity contribution in [3.63, 3.8) is 0 Å². The average molecular weight is 399 g/mol. The third-order valence-electron chi connectivity index (χ3n) is 6.11. The van der Waals surface area contributed by atoms with Crippen LogP contribution < -0.4 is 24.7 Å². The van der Waals surface area contributed by atoms with Crippen molar-refractivity contribution in [2.45, 2.75) is 12.0 Å². The molecular weight excluding hydrogens is 378 g/mol. The number of rotatable bonds is 3. The van der Waals surface area contributed by atoms with E-state index in [9.17, 15) is 9.90 Å². The van der Waals surface area contributed by atoms with Gasteiger partial charge in [0.2, 0.25) is 12.5 Å². The zero-order valence-corrected chi connectivity index (χ0v) is 16.0. The molecule has 152 valence electrons. The molecule has 0 unspecified atom stereocenters. The molecule has 0 aromatic heterocycles.